The van der Waals surface area contributed by atoms with Gasteiger partial charge in [0.15, 0.2) is 0 Å². The minimum atomic E-state index is -3.64. The summed E-state index contributed by atoms with van der Waals surface area (Å²) in [7, 11) is -3.64. The van der Waals surface area contributed by atoms with Crippen LogP contribution in [0.1, 0.15) is 18.1 Å². The quantitative estimate of drug-likeness (QED) is 0.821. The van der Waals surface area contributed by atoms with Gasteiger partial charge in [-0.25, -0.2) is 8.42 Å². The minimum absolute atomic E-state index is 0.131. The van der Waals surface area contributed by atoms with Crippen LogP contribution in [0.3, 0.4) is 0 Å². The zero-order valence-electron chi connectivity index (χ0n) is 16.2. The summed E-state index contributed by atoms with van der Waals surface area (Å²) in [5, 5.41) is 2.78. The average Bonchev–Trinajstić information content (AvgIpc) is 2.63. The molecule has 0 aliphatic carbocycles. The number of carbonyl (C=O) groups is 1. The summed E-state index contributed by atoms with van der Waals surface area (Å²) in [4.78, 5) is 13.5. The number of amides is 1. The van der Waals surface area contributed by atoms with E-state index in [0.717, 1.165) is 5.69 Å². The summed E-state index contributed by atoms with van der Waals surface area (Å²) in [6.07, 6.45) is 0. The first-order chi connectivity index (χ1) is 13.2. The predicted octanol–water partition coefficient (Wildman–Crippen LogP) is 3.43. The van der Waals surface area contributed by atoms with Gasteiger partial charge in [-0.2, -0.15) is 4.31 Å². The first-order valence-electron chi connectivity index (χ1n) is 9.08. The van der Waals surface area contributed by atoms with Gasteiger partial charge in [-0.05, 0) is 43.7 Å². The molecule has 2 aromatic rings. The molecule has 0 spiro atoms. The van der Waals surface area contributed by atoms with Crippen molar-refractivity contribution in [1.29, 1.82) is 0 Å². The molecule has 1 saturated heterocycles. The Labute approximate surface area is 171 Å². The van der Waals surface area contributed by atoms with Crippen LogP contribution in [-0.4, -0.2) is 44.8 Å². The molecule has 1 aliphatic heterocycles. The van der Waals surface area contributed by atoms with Crippen molar-refractivity contribution in [2.24, 2.45) is 0 Å². The largest absolute Gasteiger partial charge is 0.369 e. The Morgan fingerprint density at radius 1 is 1.04 bits per heavy atom. The van der Waals surface area contributed by atoms with Crippen molar-refractivity contribution in [3.63, 3.8) is 0 Å². The Morgan fingerprint density at radius 3 is 2.29 bits per heavy atom. The Kier molecular flexibility index (Phi) is 5.98. The summed E-state index contributed by atoms with van der Waals surface area (Å²) in [5.41, 5.74) is 3.94. The van der Waals surface area contributed by atoms with Crippen molar-refractivity contribution in [3.8, 4) is 0 Å². The van der Waals surface area contributed by atoms with E-state index >= 15 is 0 Å². The molecule has 8 heteroatoms. The Hall–Kier alpha value is -2.09. The molecule has 0 bridgehead atoms. The van der Waals surface area contributed by atoms with Gasteiger partial charge >= 0.3 is 0 Å². The van der Waals surface area contributed by atoms with Gasteiger partial charge in [-0.1, -0.05) is 29.3 Å². The predicted molar refractivity (Wildman–Crippen MR) is 113 cm³/mol. The van der Waals surface area contributed by atoms with E-state index < -0.39 is 10.0 Å². The maximum Gasteiger partial charge on any atom is 0.243 e. The smallest absolute Gasteiger partial charge is 0.243 e. The molecule has 1 heterocycles. The first-order valence-corrected chi connectivity index (χ1v) is 10.9. The van der Waals surface area contributed by atoms with Gasteiger partial charge in [0.1, 0.15) is 0 Å². The van der Waals surface area contributed by atoms with Crippen LogP contribution in [0.25, 0.3) is 0 Å². The molecule has 3 rings (SSSR count). The number of nitrogens with zero attached hydrogens (tertiary/aromatic N) is 2. The van der Waals surface area contributed by atoms with Crippen LogP contribution in [0.2, 0.25) is 5.02 Å². The van der Waals surface area contributed by atoms with Crippen LogP contribution in [-0.2, 0) is 14.8 Å². The highest BCUT2D eigenvalue weighted by molar-refractivity contribution is 7.89. The van der Waals surface area contributed by atoms with Crippen LogP contribution >= 0.6 is 11.6 Å². The third-order valence-corrected chi connectivity index (χ3v) is 7.03. The van der Waals surface area contributed by atoms with Gasteiger partial charge in [0, 0.05) is 38.8 Å². The van der Waals surface area contributed by atoms with E-state index in [-0.39, 0.29) is 15.8 Å². The molecule has 0 radical (unpaired) electrons. The molecular weight excluding hydrogens is 398 g/mol. The second kappa shape index (κ2) is 8.11. The SMILES string of the molecule is CC(=O)Nc1ccc(S(=O)(=O)N2CCN(c3ccc(C)cc3C)CC2)cc1Cl. The third-order valence-electron chi connectivity index (χ3n) is 4.82. The molecule has 1 N–H and O–H groups in total. The number of nitrogens with one attached hydrogen (secondary N) is 1. The van der Waals surface area contributed by atoms with E-state index in [1.807, 2.05) is 0 Å². The first kappa shape index (κ1) is 20.6. The maximum atomic E-state index is 13.0. The van der Waals surface area contributed by atoms with Crippen LogP contribution in [0, 0.1) is 13.8 Å². The number of sulfonamides is 1. The lowest BCUT2D eigenvalue weighted by atomic mass is 10.1. The summed E-state index contributed by atoms with van der Waals surface area (Å²) in [5.74, 6) is -0.264. The molecule has 28 heavy (non-hydrogen) atoms. The number of hydrogen-bond acceptors (Lipinski definition) is 4. The maximum absolute atomic E-state index is 13.0. The average molecular weight is 422 g/mol. The number of carbonyl (C=O) groups excluding carboxylic acids is 1. The highest BCUT2D eigenvalue weighted by atomic mass is 35.5. The molecule has 0 aromatic heterocycles. The summed E-state index contributed by atoms with van der Waals surface area (Å²) < 4.78 is 27.5. The van der Waals surface area contributed by atoms with Crippen molar-refractivity contribution in [1.82, 2.24) is 4.31 Å². The lowest BCUT2D eigenvalue weighted by Gasteiger charge is -2.36. The summed E-state index contributed by atoms with van der Waals surface area (Å²) in [6.45, 7) is 7.56. The fraction of sp³-hybridized carbons (Fsp3) is 0.350. The zero-order valence-corrected chi connectivity index (χ0v) is 17.8. The van der Waals surface area contributed by atoms with Crippen LogP contribution in [0.5, 0.6) is 0 Å². The van der Waals surface area contributed by atoms with Gasteiger partial charge in [0.05, 0.1) is 15.6 Å². The molecule has 0 unspecified atom stereocenters. The van der Waals surface area contributed by atoms with Crippen LogP contribution in [0.4, 0.5) is 11.4 Å². The van der Waals surface area contributed by atoms with Gasteiger partial charge in [0.2, 0.25) is 15.9 Å². The van der Waals surface area contributed by atoms with E-state index in [2.05, 4.69) is 42.3 Å². The highest BCUT2D eigenvalue weighted by Gasteiger charge is 2.29. The van der Waals surface area contributed by atoms with Gasteiger partial charge in [-0.15, -0.1) is 0 Å². The minimum Gasteiger partial charge on any atom is -0.369 e. The molecular formula is C20H24ClN3O3S. The molecule has 6 nitrogen and oxygen atoms in total. The number of hydrogen-bond donors (Lipinski definition) is 1. The van der Waals surface area contributed by atoms with Crippen molar-refractivity contribution >= 4 is 38.9 Å². The van der Waals surface area contributed by atoms with Gasteiger partial charge in [-0.3, -0.25) is 4.79 Å². The van der Waals surface area contributed by atoms with E-state index in [4.69, 9.17) is 11.6 Å². The monoisotopic (exact) mass is 421 g/mol. The van der Waals surface area contributed by atoms with Crippen molar-refractivity contribution in [2.45, 2.75) is 25.7 Å². The Balaban J connectivity index is 1.74. The number of aryl methyl sites for hydroxylation is 2. The number of anilines is 2. The standard InChI is InChI=1S/C20H24ClN3O3S/c1-14-4-7-20(15(2)12-14)23-8-10-24(11-9-23)28(26,27)17-5-6-19(18(21)13-17)22-16(3)25/h4-7,12-13H,8-11H2,1-3H3,(H,22,25). The number of piperazine rings is 1. The number of rotatable bonds is 4. The molecule has 1 aliphatic rings. The van der Waals surface area contributed by atoms with E-state index in [0.29, 0.717) is 31.9 Å². The molecule has 1 amide bonds. The molecule has 0 saturated carbocycles. The lowest BCUT2D eigenvalue weighted by Crippen LogP contribution is -2.48. The second-order valence-electron chi connectivity index (χ2n) is 7.00. The molecule has 0 atom stereocenters. The fourth-order valence-electron chi connectivity index (χ4n) is 3.43. The second-order valence-corrected chi connectivity index (χ2v) is 9.35. The molecule has 1 fully saturated rings. The number of halogens is 1. The normalized spacial score (nSPS) is 15.5. The van der Waals surface area contributed by atoms with E-state index in [1.165, 1.54) is 40.6 Å². The molecule has 150 valence electrons. The van der Waals surface area contributed by atoms with Crippen LogP contribution < -0.4 is 10.2 Å². The molecule has 2 aromatic carbocycles. The van der Waals surface area contributed by atoms with E-state index in [9.17, 15) is 13.2 Å². The van der Waals surface area contributed by atoms with Crippen molar-refractivity contribution in [2.75, 3.05) is 36.4 Å². The van der Waals surface area contributed by atoms with E-state index in [1.54, 1.807) is 0 Å². The Morgan fingerprint density at radius 2 is 1.71 bits per heavy atom. The summed E-state index contributed by atoms with van der Waals surface area (Å²) >= 11 is 6.15. The topological polar surface area (TPSA) is 69.7 Å². The van der Waals surface area contributed by atoms with Crippen molar-refractivity contribution in [3.05, 3.63) is 52.5 Å². The number of benzene rings is 2. The highest BCUT2D eigenvalue weighted by Crippen LogP contribution is 2.28. The fourth-order valence-corrected chi connectivity index (χ4v) is 5.17. The zero-order chi connectivity index (χ0) is 20.5. The Bertz CT molecular complexity index is 1000. The lowest BCUT2D eigenvalue weighted by molar-refractivity contribution is -0.114. The third kappa shape index (κ3) is 4.32. The van der Waals surface area contributed by atoms with Gasteiger partial charge in [0.25, 0.3) is 0 Å². The van der Waals surface area contributed by atoms with Crippen molar-refractivity contribution < 1.29 is 13.2 Å². The van der Waals surface area contributed by atoms with Gasteiger partial charge < -0.3 is 10.2 Å². The summed E-state index contributed by atoms with van der Waals surface area (Å²) in [6, 6.07) is 10.7. The van der Waals surface area contributed by atoms with Crippen LogP contribution in [0.15, 0.2) is 41.3 Å².